The van der Waals surface area contributed by atoms with Gasteiger partial charge in [0, 0.05) is 40.6 Å². The zero-order chi connectivity index (χ0) is 28.8. The summed E-state index contributed by atoms with van der Waals surface area (Å²) in [6, 6.07) is 6.82. The van der Waals surface area contributed by atoms with Gasteiger partial charge in [-0.15, -0.1) is 0 Å². The van der Waals surface area contributed by atoms with Crippen LogP contribution in [-0.4, -0.2) is 48.9 Å². The summed E-state index contributed by atoms with van der Waals surface area (Å²) in [5, 5.41) is 16.0. The van der Waals surface area contributed by atoms with Crippen LogP contribution < -0.4 is 15.0 Å². The highest BCUT2D eigenvalue weighted by atomic mass is 35.5. The van der Waals surface area contributed by atoms with Crippen LogP contribution in [0, 0.1) is 6.92 Å². The number of benzene rings is 1. The average Bonchev–Trinajstić information content (AvgIpc) is 3.59. The first-order valence-electron chi connectivity index (χ1n) is 13.4. The lowest BCUT2D eigenvalue weighted by Crippen LogP contribution is -2.54. The Morgan fingerprint density at radius 3 is 2.61 bits per heavy atom. The molecule has 2 aliphatic heterocycles. The molecule has 2 atom stereocenters. The Balaban J connectivity index is 1.55. The summed E-state index contributed by atoms with van der Waals surface area (Å²) in [4.78, 5) is 34.7. The number of methoxy groups -OCH3 is 1. The number of hydrogen-bond donors (Lipinski definition) is 2. The van der Waals surface area contributed by atoms with Crippen LogP contribution in [0.4, 0.5) is 11.4 Å². The van der Waals surface area contributed by atoms with Gasteiger partial charge in [-0.25, -0.2) is 9.97 Å². The van der Waals surface area contributed by atoms with Gasteiger partial charge < -0.3 is 19.7 Å². The van der Waals surface area contributed by atoms with Gasteiger partial charge in [0.1, 0.15) is 11.6 Å². The van der Waals surface area contributed by atoms with E-state index in [0.717, 1.165) is 18.7 Å². The number of aromatic nitrogens is 5. The van der Waals surface area contributed by atoms with Gasteiger partial charge in [0.2, 0.25) is 5.88 Å². The van der Waals surface area contributed by atoms with Gasteiger partial charge in [-0.3, -0.25) is 14.7 Å². The molecule has 1 amide bonds. The van der Waals surface area contributed by atoms with Crippen molar-refractivity contribution in [3.05, 3.63) is 75.2 Å². The first-order valence-corrected chi connectivity index (χ1v) is 14.2. The lowest BCUT2D eigenvalue weighted by Gasteiger charge is -2.40. The number of ether oxygens (including phenoxy) is 1. The predicted molar refractivity (Wildman–Crippen MR) is 155 cm³/mol. The van der Waals surface area contributed by atoms with Crippen LogP contribution in [0.1, 0.15) is 71.9 Å². The number of amides is 1. The first kappa shape index (κ1) is 26.2. The maximum absolute atomic E-state index is 14.5. The number of hydrogen-bond acceptors (Lipinski definition) is 8. The van der Waals surface area contributed by atoms with Gasteiger partial charge in [-0.1, -0.05) is 29.3 Å². The Morgan fingerprint density at radius 2 is 1.90 bits per heavy atom. The van der Waals surface area contributed by atoms with Gasteiger partial charge in [0.15, 0.2) is 17.5 Å². The molecule has 3 aliphatic rings. The summed E-state index contributed by atoms with van der Waals surface area (Å²) in [5.74, 6) is 1.55. The van der Waals surface area contributed by atoms with Crippen molar-refractivity contribution in [3.63, 3.8) is 0 Å². The van der Waals surface area contributed by atoms with Crippen LogP contribution in [0.2, 0.25) is 10.0 Å². The largest absolute Gasteiger partial charge is 0.480 e. The van der Waals surface area contributed by atoms with E-state index in [9.17, 15) is 9.90 Å². The highest BCUT2D eigenvalue weighted by Crippen LogP contribution is 2.56. The Morgan fingerprint density at radius 1 is 1.12 bits per heavy atom. The van der Waals surface area contributed by atoms with Crippen LogP contribution in [0.15, 0.2) is 36.7 Å². The summed E-state index contributed by atoms with van der Waals surface area (Å²) in [6.07, 6.45) is 4.09. The zero-order valence-corrected chi connectivity index (χ0v) is 24.3. The maximum atomic E-state index is 14.5. The van der Waals surface area contributed by atoms with E-state index >= 15 is 0 Å². The minimum atomic E-state index is -1.42. The number of rotatable bonds is 5. The van der Waals surface area contributed by atoms with Crippen LogP contribution in [-0.2, 0) is 5.54 Å². The third kappa shape index (κ3) is 3.63. The molecule has 210 valence electrons. The van der Waals surface area contributed by atoms with E-state index in [2.05, 4.69) is 20.3 Å². The molecule has 7 rings (SSSR count). The molecule has 1 aliphatic carbocycles. The lowest BCUT2D eigenvalue weighted by atomic mass is 9.86. The van der Waals surface area contributed by atoms with Gasteiger partial charge in [-0.2, -0.15) is 4.98 Å². The van der Waals surface area contributed by atoms with Crippen LogP contribution >= 0.6 is 23.2 Å². The molecule has 0 bridgehead atoms. The van der Waals surface area contributed by atoms with Crippen molar-refractivity contribution in [2.45, 2.75) is 57.3 Å². The zero-order valence-electron chi connectivity index (χ0n) is 22.8. The topological polar surface area (TPSA) is 118 Å². The van der Waals surface area contributed by atoms with Gasteiger partial charge in [0.05, 0.1) is 34.8 Å². The van der Waals surface area contributed by atoms with E-state index in [0.29, 0.717) is 61.6 Å². The summed E-state index contributed by atoms with van der Waals surface area (Å²) in [6.45, 7) is 5.80. The van der Waals surface area contributed by atoms with Crippen LogP contribution in [0.25, 0.3) is 11.4 Å². The molecule has 1 saturated carbocycles. The monoisotopic (exact) mass is 591 g/mol. The highest BCUT2D eigenvalue weighted by Gasteiger charge is 2.64. The quantitative estimate of drug-likeness (QED) is 0.314. The smallest absolute Gasteiger partial charge is 0.280 e. The van der Waals surface area contributed by atoms with Crippen molar-refractivity contribution in [1.82, 2.24) is 24.5 Å². The van der Waals surface area contributed by atoms with Crippen LogP contribution in [0.3, 0.4) is 0 Å². The number of aliphatic hydroxyl groups excluding tert-OH is 1. The standard InChI is InChI=1S/C29H27Cl2N7O3/c1-13(2)37-23-22(35-25(37)18-12-33-24(15-5-6-15)36-26(18)41-4)27(39)38(21-10-17(31)11-32-14(21)3)29(23)19-8-7-16(30)9-20(19)34-28(29)40/h7-13,15,28,34,40H,5-6H2,1-4H3. The summed E-state index contributed by atoms with van der Waals surface area (Å²) >= 11 is 12.8. The maximum Gasteiger partial charge on any atom is 0.280 e. The molecule has 41 heavy (non-hydrogen) atoms. The van der Waals surface area contributed by atoms with Crippen molar-refractivity contribution in [2.75, 3.05) is 17.3 Å². The summed E-state index contributed by atoms with van der Waals surface area (Å²) in [5.41, 5.74) is 2.19. The fraction of sp³-hybridized carbons (Fsp3) is 0.345. The molecule has 2 N–H and O–H groups in total. The minimum absolute atomic E-state index is 0.180. The van der Waals surface area contributed by atoms with E-state index < -0.39 is 17.7 Å². The Hall–Kier alpha value is -3.73. The first-order chi connectivity index (χ1) is 19.7. The molecule has 1 fully saturated rings. The number of nitrogens with one attached hydrogen (secondary N) is 1. The van der Waals surface area contributed by atoms with Gasteiger partial charge in [0.25, 0.3) is 5.91 Å². The van der Waals surface area contributed by atoms with Gasteiger partial charge in [-0.05, 0) is 51.8 Å². The fourth-order valence-electron chi connectivity index (χ4n) is 6.13. The molecular weight excluding hydrogens is 565 g/mol. The third-order valence-corrected chi connectivity index (χ3v) is 8.49. The van der Waals surface area contributed by atoms with Crippen molar-refractivity contribution in [2.24, 2.45) is 0 Å². The second-order valence-electron chi connectivity index (χ2n) is 10.9. The van der Waals surface area contributed by atoms with E-state index in [-0.39, 0.29) is 11.7 Å². The Labute approximate surface area is 246 Å². The SMILES string of the molecule is COc1nc(C2CC2)ncc1-c1nc2c(n1C(C)C)C1(c3ccc(Cl)cc3NC1O)N(c1cc(Cl)cnc1C)C2=O. The molecule has 12 heteroatoms. The van der Waals surface area contributed by atoms with E-state index in [1.165, 1.54) is 6.20 Å². The molecule has 10 nitrogen and oxygen atoms in total. The number of fused-ring (bicyclic) bond motifs is 4. The Bertz CT molecular complexity index is 1750. The third-order valence-electron chi connectivity index (χ3n) is 8.04. The molecule has 3 aromatic heterocycles. The predicted octanol–water partition coefficient (Wildman–Crippen LogP) is 5.47. The average molecular weight is 592 g/mol. The number of imidazole rings is 1. The molecule has 1 aromatic carbocycles. The van der Waals surface area contributed by atoms with E-state index in [4.69, 9.17) is 32.9 Å². The lowest BCUT2D eigenvalue weighted by molar-refractivity contribution is 0.0913. The molecule has 2 unspecified atom stereocenters. The molecular formula is C29H27Cl2N7O3. The van der Waals surface area contributed by atoms with Crippen LogP contribution in [0.5, 0.6) is 5.88 Å². The highest BCUT2D eigenvalue weighted by molar-refractivity contribution is 6.31. The van der Waals surface area contributed by atoms with Crippen molar-refractivity contribution in [1.29, 1.82) is 0 Å². The number of halogens is 2. The molecule has 1 spiro atoms. The van der Waals surface area contributed by atoms with E-state index in [1.807, 2.05) is 24.5 Å². The van der Waals surface area contributed by atoms with Gasteiger partial charge >= 0.3 is 0 Å². The number of nitrogens with zero attached hydrogens (tertiary/aromatic N) is 6. The number of carbonyl (C=O) groups is 1. The molecule has 0 radical (unpaired) electrons. The fourth-order valence-corrected chi connectivity index (χ4v) is 6.45. The minimum Gasteiger partial charge on any atom is -0.480 e. The van der Waals surface area contributed by atoms with Crippen molar-refractivity contribution >= 4 is 40.5 Å². The number of carbonyl (C=O) groups excluding carboxylic acids is 1. The summed E-state index contributed by atoms with van der Waals surface area (Å²) in [7, 11) is 1.56. The number of pyridine rings is 1. The molecule has 4 aromatic rings. The Kier molecular flexibility index (Phi) is 5.84. The second-order valence-corrected chi connectivity index (χ2v) is 11.8. The number of aliphatic hydroxyl groups is 1. The number of anilines is 2. The molecule has 0 saturated heterocycles. The number of aryl methyl sites for hydroxylation is 1. The van der Waals surface area contributed by atoms with Crippen molar-refractivity contribution < 1.29 is 14.6 Å². The summed E-state index contributed by atoms with van der Waals surface area (Å²) < 4.78 is 7.67. The van der Waals surface area contributed by atoms with E-state index in [1.54, 1.807) is 43.3 Å². The molecule has 5 heterocycles. The normalized spacial score (nSPS) is 21.0. The second kappa shape index (κ2) is 9.14. The van der Waals surface area contributed by atoms with Crippen molar-refractivity contribution in [3.8, 4) is 17.3 Å².